The number of imide groups is 1. The van der Waals surface area contributed by atoms with Gasteiger partial charge in [-0.1, -0.05) is 19.1 Å². The molecular formula is C14H19N3O3. The van der Waals surface area contributed by atoms with Crippen LogP contribution in [0, 0.1) is 0 Å². The Morgan fingerprint density at radius 3 is 2.90 bits per heavy atom. The van der Waals surface area contributed by atoms with E-state index in [0.29, 0.717) is 17.7 Å². The number of piperazine rings is 1. The number of carbonyl (C=O) groups is 2. The van der Waals surface area contributed by atoms with Gasteiger partial charge < -0.3 is 10.8 Å². The maximum atomic E-state index is 11.7. The molecule has 1 saturated heterocycles. The van der Waals surface area contributed by atoms with Crippen LogP contribution < -0.4 is 11.1 Å². The van der Waals surface area contributed by atoms with E-state index < -0.39 is 6.10 Å². The first-order chi connectivity index (χ1) is 9.51. The number of hydrogen-bond donors (Lipinski definition) is 3. The molecule has 6 nitrogen and oxygen atoms in total. The number of amides is 2. The molecule has 2 amide bonds. The third-order valence-electron chi connectivity index (χ3n) is 3.44. The third kappa shape index (κ3) is 3.15. The molecule has 1 heterocycles. The van der Waals surface area contributed by atoms with Crippen LogP contribution in [0.15, 0.2) is 24.3 Å². The van der Waals surface area contributed by atoms with Crippen molar-refractivity contribution < 1.29 is 14.7 Å². The number of nitrogens with one attached hydrogen (secondary N) is 1. The van der Waals surface area contributed by atoms with Crippen LogP contribution in [0.2, 0.25) is 0 Å². The second-order valence-corrected chi connectivity index (χ2v) is 4.95. The van der Waals surface area contributed by atoms with Crippen molar-refractivity contribution in [3.05, 3.63) is 29.8 Å². The molecule has 1 aliphatic heterocycles. The Morgan fingerprint density at radius 2 is 2.25 bits per heavy atom. The number of aliphatic hydroxyl groups is 1. The lowest BCUT2D eigenvalue weighted by atomic mass is 10.0. The Kier molecular flexibility index (Phi) is 4.36. The van der Waals surface area contributed by atoms with Gasteiger partial charge in [-0.3, -0.25) is 19.8 Å². The van der Waals surface area contributed by atoms with Gasteiger partial charge in [0.1, 0.15) is 0 Å². The molecular weight excluding hydrogens is 258 g/mol. The van der Waals surface area contributed by atoms with E-state index in [4.69, 9.17) is 5.73 Å². The van der Waals surface area contributed by atoms with Crippen LogP contribution in [-0.2, 0) is 9.59 Å². The molecule has 1 aromatic rings. The predicted molar refractivity (Wildman–Crippen MR) is 74.6 cm³/mol. The highest BCUT2D eigenvalue weighted by atomic mass is 16.3. The number of carbonyl (C=O) groups excluding carboxylic acids is 2. The first kappa shape index (κ1) is 14.5. The van der Waals surface area contributed by atoms with Crippen molar-refractivity contribution >= 4 is 17.5 Å². The van der Waals surface area contributed by atoms with Crippen LogP contribution in [0.25, 0.3) is 0 Å². The average molecular weight is 277 g/mol. The molecule has 0 radical (unpaired) electrons. The number of anilines is 1. The number of hydrogen-bond acceptors (Lipinski definition) is 5. The average Bonchev–Trinajstić information content (AvgIpc) is 2.38. The molecule has 0 spiro atoms. The highest BCUT2D eigenvalue weighted by Gasteiger charge is 2.33. The zero-order chi connectivity index (χ0) is 14.7. The molecule has 1 aliphatic rings. The second-order valence-electron chi connectivity index (χ2n) is 4.95. The molecule has 6 heteroatoms. The summed E-state index contributed by atoms with van der Waals surface area (Å²) in [6.07, 6.45) is -0.200. The van der Waals surface area contributed by atoms with E-state index in [1.165, 1.54) is 0 Å². The number of aliphatic hydroxyl groups excluding tert-OH is 1. The van der Waals surface area contributed by atoms with Gasteiger partial charge in [-0.25, -0.2) is 0 Å². The standard InChI is InChI=1S/C14H19N3O3/c1-2-11-14(20)16-13(19)8-17(11)7-12(18)9-4-3-5-10(15)6-9/h3-6,11-12,18H,2,7-8,15H2,1H3,(H,16,19,20). The van der Waals surface area contributed by atoms with E-state index in [2.05, 4.69) is 5.32 Å². The van der Waals surface area contributed by atoms with Gasteiger partial charge in [-0.2, -0.15) is 0 Å². The Balaban J connectivity index is 2.10. The van der Waals surface area contributed by atoms with Crippen LogP contribution in [0.1, 0.15) is 25.0 Å². The third-order valence-corrected chi connectivity index (χ3v) is 3.44. The first-order valence-corrected chi connectivity index (χ1v) is 6.62. The Bertz CT molecular complexity index is 518. The second kappa shape index (κ2) is 6.02. The largest absolute Gasteiger partial charge is 0.399 e. The van der Waals surface area contributed by atoms with Crippen LogP contribution >= 0.6 is 0 Å². The summed E-state index contributed by atoms with van der Waals surface area (Å²) < 4.78 is 0. The van der Waals surface area contributed by atoms with Crippen LogP contribution in [0.4, 0.5) is 5.69 Å². The molecule has 108 valence electrons. The fraction of sp³-hybridized carbons (Fsp3) is 0.429. The van der Waals surface area contributed by atoms with Gasteiger partial charge in [-0.15, -0.1) is 0 Å². The summed E-state index contributed by atoms with van der Waals surface area (Å²) in [7, 11) is 0. The molecule has 2 rings (SSSR count). The summed E-state index contributed by atoms with van der Waals surface area (Å²) in [6, 6.07) is 6.58. The summed E-state index contributed by atoms with van der Waals surface area (Å²) in [6.45, 7) is 2.21. The molecule has 1 fully saturated rings. The van der Waals surface area contributed by atoms with Gasteiger partial charge in [0.25, 0.3) is 0 Å². The van der Waals surface area contributed by atoms with Crippen molar-refractivity contribution in [3.8, 4) is 0 Å². The zero-order valence-corrected chi connectivity index (χ0v) is 11.4. The van der Waals surface area contributed by atoms with Crippen molar-refractivity contribution in [2.24, 2.45) is 0 Å². The molecule has 4 N–H and O–H groups in total. The minimum absolute atomic E-state index is 0.115. The van der Waals surface area contributed by atoms with E-state index in [1.807, 2.05) is 6.92 Å². The number of benzene rings is 1. The van der Waals surface area contributed by atoms with E-state index in [9.17, 15) is 14.7 Å². The molecule has 2 unspecified atom stereocenters. The van der Waals surface area contributed by atoms with Gasteiger partial charge >= 0.3 is 0 Å². The molecule has 0 aliphatic carbocycles. The van der Waals surface area contributed by atoms with Gasteiger partial charge in [0.15, 0.2) is 0 Å². The van der Waals surface area contributed by atoms with Crippen molar-refractivity contribution in [2.45, 2.75) is 25.5 Å². The molecule has 20 heavy (non-hydrogen) atoms. The Hall–Kier alpha value is -1.92. The minimum atomic E-state index is -0.786. The van der Waals surface area contributed by atoms with E-state index >= 15 is 0 Å². The maximum Gasteiger partial charge on any atom is 0.243 e. The highest BCUT2D eigenvalue weighted by molar-refractivity contribution is 6.01. The fourth-order valence-electron chi connectivity index (χ4n) is 2.45. The number of β-amino-alcohol motifs (C(OH)–C–C–N with tert-alkyl or cyclic N) is 1. The summed E-state index contributed by atoms with van der Waals surface area (Å²) >= 11 is 0. The summed E-state index contributed by atoms with van der Waals surface area (Å²) in [5.74, 6) is -0.636. The smallest absolute Gasteiger partial charge is 0.243 e. The summed E-state index contributed by atoms with van der Waals surface area (Å²) in [5, 5.41) is 12.6. The minimum Gasteiger partial charge on any atom is -0.399 e. The Morgan fingerprint density at radius 1 is 1.50 bits per heavy atom. The number of nitrogens with zero attached hydrogens (tertiary/aromatic N) is 1. The van der Waals surface area contributed by atoms with Crippen LogP contribution in [0.3, 0.4) is 0 Å². The van der Waals surface area contributed by atoms with Crippen LogP contribution in [-0.4, -0.2) is 41.0 Å². The van der Waals surface area contributed by atoms with Gasteiger partial charge in [0.2, 0.25) is 11.8 Å². The fourth-order valence-corrected chi connectivity index (χ4v) is 2.45. The number of rotatable bonds is 4. The monoisotopic (exact) mass is 277 g/mol. The van der Waals surface area contributed by atoms with Crippen molar-refractivity contribution in [3.63, 3.8) is 0 Å². The lowest BCUT2D eigenvalue weighted by Gasteiger charge is -2.34. The SMILES string of the molecule is CCC1C(=O)NC(=O)CN1CC(O)c1cccc(N)c1. The van der Waals surface area contributed by atoms with Crippen LogP contribution in [0.5, 0.6) is 0 Å². The molecule has 1 aromatic carbocycles. The quantitative estimate of drug-likeness (QED) is 0.533. The topological polar surface area (TPSA) is 95.7 Å². The molecule has 2 atom stereocenters. The zero-order valence-electron chi connectivity index (χ0n) is 11.4. The van der Waals surface area contributed by atoms with Gasteiger partial charge in [0, 0.05) is 12.2 Å². The van der Waals surface area contributed by atoms with Gasteiger partial charge in [0.05, 0.1) is 18.7 Å². The molecule has 0 aromatic heterocycles. The molecule has 0 saturated carbocycles. The summed E-state index contributed by atoms with van der Waals surface area (Å²) in [4.78, 5) is 24.9. The normalized spacial score (nSPS) is 21.6. The maximum absolute atomic E-state index is 11.7. The lowest BCUT2D eigenvalue weighted by molar-refractivity contribution is -0.140. The summed E-state index contributed by atoms with van der Waals surface area (Å²) in [5.41, 5.74) is 6.93. The Labute approximate surface area is 117 Å². The van der Waals surface area contributed by atoms with E-state index in [1.54, 1.807) is 29.2 Å². The van der Waals surface area contributed by atoms with Crippen molar-refractivity contribution in [2.75, 3.05) is 18.8 Å². The number of nitrogens with two attached hydrogens (primary N) is 1. The first-order valence-electron chi connectivity index (χ1n) is 6.62. The van der Waals surface area contributed by atoms with Crippen molar-refractivity contribution in [1.29, 1.82) is 0 Å². The lowest BCUT2D eigenvalue weighted by Crippen LogP contribution is -2.58. The van der Waals surface area contributed by atoms with E-state index in [-0.39, 0.29) is 30.9 Å². The highest BCUT2D eigenvalue weighted by Crippen LogP contribution is 2.19. The van der Waals surface area contributed by atoms with Gasteiger partial charge in [-0.05, 0) is 24.1 Å². The predicted octanol–water partition coefficient (Wildman–Crippen LogP) is 0.0392. The molecule has 0 bridgehead atoms. The number of nitrogen functional groups attached to an aromatic ring is 1. The van der Waals surface area contributed by atoms with Crippen molar-refractivity contribution in [1.82, 2.24) is 10.2 Å². The van der Waals surface area contributed by atoms with E-state index in [0.717, 1.165) is 0 Å².